The van der Waals surface area contributed by atoms with Gasteiger partial charge in [-0.1, -0.05) is 92.4 Å². The van der Waals surface area contributed by atoms with Gasteiger partial charge in [-0.2, -0.15) is 0 Å². The molecule has 0 amide bonds. The highest BCUT2D eigenvalue weighted by atomic mass is 16.7. The molecule has 1 aliphatic carbocycles. The monoisotopic (exact) mass is 390 g/mol. The van der Waals surface area contributed by atoms with Crippen molar-refractivity contribution in [1.82, 2.24) is 0 Å². The highest BCUT2D eigenvalue weighted by Gasteiger charge is 2.26. The van der Waals surface area contributed by atoms with Gasteiger partial charge in [-0.3, -0.25) is 0 Å². The molecule has 28 heavy (non-hydrogen) atoms. The van der Waals surface area contributed by atoms with Gasteiger partial charge in [0, 0.05) is 0 Å². The van der Waals surface area contributed by atoms with Crippen molar-refractivity contribution in [2.75, 3.05) is 6.61 Å². The molecule has 162 valence electrons. The van der Waals surface area contributed by atoms with Crippen LogP contribution < -0.4 is 0 Å². The summed E-state index contributed by atoms with van der Waals surface area (Å²) in [6.45, 7) is 20.5. The van der Waals surface area contributed by atoms with Gasteiger partial charge in [0.15, 0.2) is 6.29 Å². The minimum atomic E-state index is -0.241. The van der Waals surface area contributed by atoms with Crippen LogP contribution in [0.3, 0.4) is 0 Å². The van der Waals surface area contributed by atoms with Gasteiger partial charge in [0.05, 0.1) is 6.61 Å². The Morgan fingerprint density at radius 2 is 1.71 bits per heavy atom. The van der Waals surface area contributed by atoms with Crippen LogP contribution in [0.15, 0.2) is 36.6 Å². The summed E-state index contributed by atoms with van der Waals surface area (Å²) < 4.78 is 11.8. The molecule has 1 aliphatic rings. The molecule has 0 radical (unpaired) electrons. The first-order valence-corrected chi connectivity index (χ1v) is 11.3. The van der Waals surface area contributed by atoms with Gasteiger partial charge in [-0.05, 0) is 54.6 Å². The van der Waals surface area contributed by atoms with E-state index in [0.717, 1.165) is 31.1 Å². The summed E-state index contributed by atoms with van der Waals surface area (Å²) in [5, 5.41) is 0. The van der Waals surface area contributed by atoms with Gasteiger partial charge >= 0.3 is 0 Å². The quantitative estimate of drug-likeness (QED) is 0.213. The van der Waals surface area contributed by atoms with E-state index in [9.17, 15) is 0 Å². The second kappa shape index (κ2) is 11.9. The molecule has 0 aromatic heterocycles. The van der Waals surface area contributed by atoms with Crippen molar-refractivity contribution < 1.29 is 9.47 Å². The lowest BCUT2D eigenvalue weighted by Crippen LogP contribution is -2.23. The largest absolute Gasteiger partial charge is 0.465 e. The molecule has 0 spiro atoms. The fourth-order valence-corrected chi connectivity index (χ4v) is 3.86. The van der Waals surface area contributed by atoms with Crippen molar-refractivity contribution in [2.45, 2.75) is 99.7 Å². The molecule has 1 fully saturated rings. The highest BCUT2D eigenvalue weighted by Crippen LogP contribution is 2.36. The summed E-state index contributed by atoms with van der Waals surface area (Å²) in [6.07, 6.45) is 17.2. The first-order chi connectivity index (χ1) is 13.0. The molecular weight excluding hydrogens is 344 g/mol. The molecule has 0 aliphatic heterocycles. The maximum absolute atomic E-state index is 5.93. The van der Waals surface area contributed by atoms with E-state index in [-0.39, 0.29) is 11.7 Å². The zero-order valence-corrected chi connectivity index (χ0v) is 19.7. The van der Waals surface area contributed by atoms with Crippen LogP contribution in [0.25, 0.3) is 0 Å². The molecule has 0 aromatic carbocycles. The molecule has 2 heteroatoms. The van der Waals surface area contributed by atoms with Gasteiger partial charge in [0.2, 0.25) is 0 Å². The fraction of sp³-hybridized carbons (Fsp3) is 0.769. The van der Waals surface area contributed by atoms with Crippen LogP contribution in [-0.2, 0) is 9.47 Å². The van der Waals surface area contributed by atoms with Crippen molar-refractivity contribution in [3.63, 3.8) is 0 Å². The normalized spacial score (nSPS) is 19.6. The molecule has 0 aromatic rings. The van der Waals surface area contributed by atoms with E-state index in [4.69, 9.17) is 9.47 Å². The minimum absolute atomic E-state index is 0.238. The smallest absolute Gasteiger partial charge is 0.196 e. The maximum Gasteiger partial charge on any atom is 0.196 e. The summed E-state index contributed by atoms with van der Waals surface area (Å²) >= 11 is 0. The zero-order valence-electron chi connectivity index (χ0n) is 19.7. The molecule has 0 saturated heterocycles. The summed E-state index contributed by atoms with van der Waals surface area (Å²) in [7, 11) is 0. The van der Waals surface area contributed by atoms with Crippen molar-refractivity contribution >= 4 is 0 Å². The topological polar surface area (TPSA) is 18.5 Å². The van der Waals surface area contributed by atoms with Gasteiger partial charge < -0.3 is 9.47 Å². The predicted octanol–water partition coefficient (Wildman–Crippen LogP) is 8.06. The van der Waals surface area contributed by atoms with Crippen molar-refractivity contribution in [1.29, 1.82) is 0 Å². The Kier molecular flexibility index (Phi) is 10.6. The van der Waals surface area contributed by atoms with E-state index in [1.54, 1.807) is 6.08 Å². The molecule has 1 rings (SSSR count). The molecule has 2 atom stereocenters. The molecule has 1 saturated carbocycles. The van der Waals surface area contributed by atoms with E-state index in [1.165, 1.54) is 32.1 Å². The van der Waals surface area contributed by atoms with Crippen molar-refractivity contribution in [3.8, 4) is 0 Å². The van der Waals surface area contributed by atoms with Crippen molar-refractivity contribution in [3.05, 3.63) is 36.6 Å². The van der Waals surface area contributed by atoms with Crippen molar-refractivity contribution in [2.24, 2.45) is 22.7 Å². The summed E-state index contributed by atoms with van der Waals surface area (Å²) in [4.78, 5) is 0. The highest BCUT2D eigenvalue weighted by molar-refractivity contribution is 5.17. The first kappa shape index (κ1) is 25.0. The van der Waals surface area contributed by atoms with Gasteiger partial charge in [-0.25, -0.2) is 0 Å². The average molecular weight is 391 g/mol. The van der Waals surface area contributed by atoms with Crippen LogP contribution in [0.5, 0.6) is 0 Å². The Balaban J connectivity index is 2.51. The Bertz CT molecular complexity index is 496. The molecule has 0 N–H and O–H groups in total. The SMILES string of the molecule is C=C/C(=C\C=C\C(CC(C)(C)C)C(C)(C)C)OC(C)OCCC1CCCCC1. The second-order valence-corrected chi connectivity index (χ2v) is 10.7. The van der Waals surface area contributed by atoms with Crippen LogP contribution in [0.2, 0.25) is 0 Å². The van der Waals surface area contributed by atoms with E-state index in [0.29, 0.717) is 11.3 Å². The van der Waals surface area contributed by atoms with Crippen LogP contribution >= 0.6 is 0 Å². The van der Waals surface area contributed by atoms with Crippen LogP contribution in [-0.4, -0.2) is 12.9 Å². The first-order valence-electron chi connectivity index (χ1n) is 11.3. The third kappa shape index (κ3) is 11.1. The van der Waals surface area contributed by atoms with Gasteiger partial charge in [0.25, 0.3) is 0 Å². The third-order valence-corrected chi connectivity index (χ3v) is 5.66. The molecule has 2 nitrogen and oxygen atoms in total. The van der Waals surface area contributed by atoms with E-state index < -0.39 is 0 Å². The minimum Gasteiger partial charge on any atom is -0.465 e. The second-order valence-electron chi connectivity index (χ2n) is 10.7. The number of rotatable bonds is 10. The Labute approximate surface area is 175 Å². The zero-order chi connectivity index (χ0) is 21.2. The number of hydrogen-bond donors (Lipinski definition) is 0. The molecule has 0 heterocycles. The lowest BCUT2D eigenvalue weighted by Gasteiger charge is -2.33. The predicted molar refractivity (Wildman–Crippen MR) is 122 cm³/mol. The van der Waals surface area contributed by atoms with Crippen LogP contribution in [0.1, 0.15) is 93.4 Å². The maximum atomic E-state index is 5.93. The average Bonchev–Trinajstić information content (AvgIpc) is 2.59. The van der Waals surface area contributed by atoms with Crippen LogP contribution in [0, 0.1) is 22.7 Å². The summed E-state index contributed by atoms with van der Waals surface area (Å²) in [6, 6.07) is 0. The summed E-state index contributed by atoms with van der Waals surface area (Å²) in [5.74, 6) is 2.12. The van der Waals surface area contributed by atoms with Gasteiger partial charge in [0.1, 0.15) is 5.76 Å². The van der Waals surface area contributed by atoms with E-state index in [2.05, 4.69) is 60.3 Å². The van der Waals surface area contributed by atoms with Crippen LogP contribution in [0.4, 0.5) is 0 Å². The Morgan fingerprint density at radius 1 is 1.07 bits per heavy atom. The number of hydrogen-bond acceptors (Lipinski definition) is 2. The molecule has 2 unspecified atom stereocenters. The van der Waals surface area contributed by atoms with E-state index >= 15 is 0 Å². The number of allylic oxidation sites excluding steroid dienone is 4. The lowest BCUT2D eigenvalue weighted by molar-refractivity contribution is -0.103. The standard InChI is InChI=1S/C26H46O2/c1-9-24(17-13-16-23(26(6,7)8)20-25(3,4)5)28-21(2)27-19-18-22-14-11-10-12-15-22/h9,13,16-17,21-23H,1,10-12,14-15,18-20H2,2-8H3/b16-13+,24-17+. The van der Waals surface area contributed by atoms with E-state index in [1.807, 2.05) is 13.0 Å². The molecular formula is C26H46O2. The summed E-state index contributed by atoms with van der Waals surface area (Å²) in [5.41, 5.74) is 0.548. The molecule has 0 bridgehead atoms. The Hall–Kier alpha value is -1.02. The fourth-order valence-electron chi connectivity index (χ4n) is 3.86. The third-order valence-electron chi connectivity index (χ3n) is 5.66. The number of ether oxygens (including phenoxy) is 2. The van der Waals surface area contributed by atoms with Gasteiger partial charge in [-0.15, -0.1) is 0 Å². The lowest BCUT2D eigenvalue weighted by atomic mass is 9.72. The Morgan fingerprint density at radius 3 is 2.25 bits per heavy atom.